The second-order valence-electron chi connectivity index (χ2n) is 5.10. The molecule has 18 heavy (non-hydrogen) atoms. The number of hydrogen-bond donors (Lipinski definition) is 1. The van der Waals surface area contributed by atoms with E-state index in [4.69, 9.17) is 15.2 Å². The van der Waals surface area contributed by atoms with Crippen molar-refractivity contribution < 1.29 is 9.47 Å². The monoisotopic (exact) mass is 249 g/mol. The smallest absolute Gasteiger partial charge is 0.124 e. The van der Waals surface area contributed by atoms with Crippen LogP contribution in [0.4, 0.5) is 0 Å². The summed E-state index contributed by atoms with van der Waals surface area (Å²) in [5, 5.41) is 0. The van der Waals surface area contributed by atoms with Crippen LogP contribution in [0.2, 0.25) is 0 Å². The minimum Gasteiger partial charge on any atom is -0.493 e. The average Bonchev–Trinajstić information content (AvgIpc) is 2.84. The van der Waals surface area contributed by atoms with Gasteiger partial charge in [0.15, 0.2) is 0 Å². The van der Waals surface area contributed by atoms with Crippen molar-refractivity contribution in [3.05, 3.63) is 29.3 Å². The van der Waals surface area contributed by atoms with Gasteiger partial charge in [0.05, 0.1) is 12.7 Å². The molecule has 2 rings (SSSR count). The molecule has 2 N–H and O–H groups in total. The topological polar surface area (TPSA) is 44.5 Å². The number of hydrogen-bond acceptors (Lipinski definition) is 3. The maximum absolute atomic E-state index is 5.97. The second kappa shape index (κ2) is 6.21. The Morgan fingerprint density at radius 1 is 1.50 bits per heavy atom. The van der Waals surface area contributed by atoms with Gasteiger partial charge in [0.2, 0.25) is 0 Å². The van der Waals surface area contributed by atoms with E-state index in [1.165, 1.54) is 12.0 Å². The van der Waals surface area contributed by atoms with E-state index in [9.17, 15) is 0 Å². The van der Waals surface area contributed by atoms with E-state index in [0.29, 0.717) is 12.7 Å². The van der Waals surface area contributed by atoms with Crippen molar-refractivity contribution in [2.45, 2.75) is 45.3 Å². The van der Waals surface area contributed by atoms with Crippen LogP contribution in [0.3, 0.4) is 0 Å². The van der Waals surface area contributed by atoms with E-state index in [-0.39, 0.29) is 6.04 Å². The number of rotatable bonds is 5. The number of aryl methyl sites for hydroxylation is 1. The van der Waals surface area contributed by atoms with Gasteiger partial charge in [-0.15, -0.1) is 0 Å². The van der Waals surface area contributed by atoms with Crippen molar-refractivity contribution >= 4 is 0 Å². The summed E-state index contributed by atoms with van der Waals surface area (Å²) in [6.07, 6.45) is 3.69. The summed E-state index contributed by atoms with van der Waals surface area (Å²) in [6.45, 7) is 5.66. The minimum atomic E-state index is 0.00244. The molecule has 0 spiro atoms. The Morgan fingerprint density at radius 3 is 3.00 bits per heavy atom. The van der Waals surface area contributed by atoms with Gasteiger partial charge in [-0.3, -0.25) is 0 Å². The SMILES string of the molecule is Cc1ccc(OCCC2CCCO2)c([C@@H](C)N)c1. The van der Waals surface area contributed by atoms with Crippen LogP contribution in [0.25, 0.3) is 0 Å². The predicted molar refractivity (Wildman–Crippen MR) is 72.9 cm³/mol. The van der Waals surface area contributed by atoms with E-state index in [2.05, 4.69) is 19.1 Å². The van der Waals surface area contributed by atoms with Crippen molar-refractivity contribution in [2.24, 2.45) is 5.73 Å². The van der Waals surface area contributed by atoms with Crippen molar-refractivity contribution in [1.29, 1.82) is 0 Å². The molecule has 0 radical (unpaired) electrons. The molecule has 1 saturated heterocycles. The Hall–Kier alpha value is -1.06. The van der Waals surface area contributed by atoms with Crippen molar-refractivity contribution in [1.82, 2.24) is 0 Å². The van der Waals surface area contributed by atoms with Crippen molar-refractivity contribution in [2.75, 3.05) is 13.2 Å². The molecule has 0 aliphatic carbocycles. The molecule has 1 aliphatic heterocycles. The molecule has 1 aliphatic rings. The van der Waals surface area contributed by atoms with E-state index < -0.39 is 0 Å². The average molecular weight is 249 g/mol. The van der Waals surface area contributed by atoms with E-state index in [1.807, 2.05) is 13.0 Å². The van der Waals surface area contributed by atoms with Gasteiger partial charge in [-0.1, -0.05) is 17.7 Å². The quantitative estimate of drug-likeness (QED) is 0.872. The summed E-state index contributed by atoms with van der Waals surface area (Å²) in [5.41, 5.74) is 8.27. The zero-order valence-electron chi connectivity index (χ0n) is 11.3. The van der Waals surface area contributed by atoms with Gasteiger partial charge >= 0.3 is 0 Å². The molecular formula is C15H23NO2. The summed E-state index contributed by atoms with van der Waals surface area (Å²) >= 11 is 0. The van der Waals surface area contributed by atoms with Crippen molar-refractivity contribution in [3.63, 3.8) is 0 Å². The zero-order valence-corrected chi connectivity index (χ0v) is 11.3. The fraction of sp³-hybridized carbons (Fsp3) is 0.600. The highest BCUT2D eigenvalue weighted by molar-refractivity contribution is 5.38. The first-order valence-electron chi connectivity index (χ1n) is 6.77. The van der Waals surface area contributed by atoms with Crippen LogP contribution in [-0.2, 0) is 4.74 Å². The lowest BCUT2D eigenvalue weighted by Gasteiger charge is -2.16. The van der Waals surface area contributed by atoms with E-state index >= 15 is 0 Å². The Morgan fingerprint density at radius 2 is 2.33 bits per heavy atom. The first kappa shape index (κ1) is 13.4. The molecule has 3 nitrogen and oxygen atoms in total. The third kappa shape index (κ3) is 3.47. The zero-order chi connectivity index (χ0) is 13.0. The fourth-order valence-corrected chi connectivity index (χ4v) is 2.33. The largest absolute Gasteiger partial charge is 0.493 e. The van der Waals surface area contributed by atoms with Crippen LogP contribution in [0, 0.1) is 6.92 Å². The van der Waals surface area contributed by atoms with Crippen LogP contribution < -0.4 is 10.5 Å². The van der Waals surface area contributed by atoms with Crippen LogP contribution >= 0.6 is 0 Å². The van der Waals surface area contributed by atoms with Gasteiger partial charge in [0.25, 0.3) is 0 Å². The van der Waals surface area contributed by atoms with Crippen LogP contribution in [-0.4, -0.2) is 19.3 Å². The molecule has 2 atom stereocenters. The second-order valence-corrected chi connectivity index (χ2v) is 5.10. The molecule has 1 heterocycles. The third-order valence-corrected chi connectivity index (χ3v) is 3.38. The number of benzene rings is 1. The molecule has 100 valence electrons. The lowest BCUT2D eigenvalue weighted by Crippen LogP contribution is -2.13. The van der Waals surface area contributed by atoms with Crippen LogP contribution in [0.15, 0.2) is 18.2 Å². The standard InChI is InChI=1S/C15H23NO2/c1-11-5-6-15(14(10-11)12(2)16)18-9-7-13-4-3-8-17-13/h5-6,10,12-13H,3-4,7-9,16H2,1-2H3/t12-,13?/m1/s1. The highest BCUT2D eigenvalue weighted by atomic mass is 16.5. The Labute approximate surface area is 109 Å². The van der Waals surface area contributed by atoms with Gasteiger partial charge in [-0.2, -0.15) is 0 Å². The molecule has 1 aromatic rings. The van der Waals surface area contributed by atoms with Crippen LogP contribution in [0.5, 0.6) is 5.75 Å². The first-order valence-corrected chi connectivity index (χ1v) is 6.77. The van der Waals surface area contributed by atoms with Crippen molar-refractivity contribution in [3.8, 4) is 5.75 Å². The number of nitrogens with two attached hydrogens (primary N) is 1. The van der Waals surface area contributed by atoms with Gasteiger partial charge < -0.3 is 15.2 Å². The highest BCUT2D eigenvalue weighted by Crippen LogP contribution is 2.25. The lowest BCUT2D eigenvalue weighted by atomic mass is 10.1. The number of ether oxygens (including phenoxy) is 2. The molecule has 1 unspecified atom stereocenters. The minimum absolute atomic E-state index is 0.00244. The van der Waals surface area contributed by atoms with Gasteiger partial charge in [0, 0.05) is 24.6 Å². The van der Waals surface area contributed by atoms with E-state index in [1.54, 1.807) is 0 Å². The van der Waals surface area contributed by atoms with Gasteiger partial charge in [-0.25, -0.2) is 0 Å². The molecular weight excluding hydrogens is 226 g/mol. The summed E-state index contributed by atoms with van der Waals surface area (Å²) in [5.74, 6) is 0.911. The molecule has 3 heteroatoms. The third-order valence-electron chi connectivity index (χ3n) is 3.38. The Bertz CT molecular complexity index is 384. The molecule has 0 bridgehead atoms. The molecule has 1 aromatic carbocycles. The molecule has 0 aromatic heterocycles. The normalized spacial score (nSPS) is 20.9. The fourth-order valence-electron chi connectivity index (χ4n) is 2.33. The Balaban J connectivity index is 1.91. The summed E-state index contributed by atoms with van der Waals surface area (Å²) in [6, 6.07) is 6.19. The first-order chi connectivity index (χ1) is 8.66. The summed E-state index contributed by atoms with van der Waals surface area (Å²) < 4.78 is 11.4. The maximum atomic E-state index is 5.97. The molecule has 0 amide bonds. The summed E-state index contributed by atoms with van der Waals surface area (Å²) in [4.78, 5) is 0. The molecule has 0 saturated carbocycles. The molecule has 1 fully saturated rings. The lowest BCUT2D eigenvalue weighted by molar-refractivity contribution is 0.0902. The van der Waals surface area contributed by atoms with Gasteiger partial charge in [0.1, 0.15) is 5.75 Å². The van der Waals surface area contributed by atoms with E-state index in [0.717, 1.165) is 30.8 Å². The predicted octanol–water partition coefficient (Wildman–Crippen LogP) is 2.96. The highest BCUT2D eigenvalue weighted by Gasteiger charge is 2.15. The Kier molecular flexibility index (Phi) is 4.61. The van der Waals surface area contributed by atoms with Crippen LogP contribution in [0.1, 0.15) is 43.4 Å². The van der Waals surface area contributed by atoms with Gasteiger partial charge in [-0.05, 0) is 32.8 Å². The maximum Gasteiger partial charge on any atom is 0.124 e. The summed E-state index contributed by atoms with van der Waals surface area (Å²) in [7, 11) is 0.